The van der Waals surface area contributed by atoms with Gasteiger partial charge in [0.15, 0.2) is 0 Å². The van der Waals surface area contributed by atoms with Gasteiger partial charge in [-0.3, -0.25) is 4.79 Å². The van der Waals surface area contributed by atoms with Crippen molar-refractivity contribution in [3.05, 3.63) is 35.9 Å². The van der Waals surface area contributed by atoms with Crippen LogP contribution in [-0.4, -0.2) is 12.5 Å². The first-order valence-corrected chi connectivity index (χ1v) is 4.99. The van der Waals surface area contributed by atoms with Gasteiger partial charge in [-0.05, 0) is 36.8 Å². The number of carbonyl (C=O) groups is 1. The molecule has 1 aliphatic rings. The molecule has 1 heterocycles. The van der Waals surface area contributed by atoms with E-state index < -0.39 is 0 Å². The maximum Gasteiger partial charge on any atom is 0.248 e. The minimum Gasteiger partial charge on any atom is -0.493 e. The largest absolute Gasteiger partial charge is 0.493 e. The average molecular weight is 203 g/mol. The number of hydrogen-bond donors (Lipinski definition) is 1. The minimum atomic E-state index is -0.101. The topological polar surface area (TPSA) is 38.3 Å². The van der Waals surface area contributed by atoms with Crippen molar-refractivity contribution < 1.29 is 9.53 Å². The minimum absolute atomic E-state index is 0.101. The fraction of sp³-hybridized carbons (Fsp3) is 0.250. The molecule has 1 aromatic carbocycles. The first-order chi connectivity index (χ1) is 7.29. The van der Waals surface area contributed by atoms with Crippen molar-refractivity contribution in [1.82, 2.24) is 0 Å². The Hall–Kier alpha value is -1.77. The highest BCUT2D eigenvalue weighted by atomic mass is 16.5. The third kappa shape index (κ3) is 2.18. The summed E-state index contributed by atoms with van der Waals surface area (Å²) in [6.07, 6.45) is 4.14. The summed E-state index contributed by atoms with van der Waals surface area (Å²) < 4.78 is 5.38. The van der Waals surface area contributed by atoms with Crippen LogP contribution in [0, 0.1) is 0 Å². The van der Waals surface area contributed by atoms with Crippen LogP contribution in [0.3, 0.4) is 0 Å². The number of ether oxygens (including phenoxy) is 1. The highest BCUT2D eigenvalue weighted by Gasteiger charge is 2.12. The molecule has 1 N–H and O–H groups in total. The van der Waals surface area contributed by atoms with E-state index in [0.29, 0.717) is 0 Å². The van der Waals surface area contributed by atoms with Crippen LogP contribution in [0.2, 0.25) is 0 Å². The van der Waals surface area contributed by atoms with E-state index >= 15 is 0 Å². The predicted octanol–water partition coefficient (Wildman–Crippen LogP) is 2.14. The number of fused-ring (bicyclic) bond motifs is 1. The molecule has 78 valence electrons. The van der Waals surface area contributed by atoms with E-state index in [2.05, 4.69) is 5.32 Å². The Morgan fingerprint density at radius 3 is 3.20 bits per heavy atom. The molecule has 0 saturated heterocycles. The Kier molecular flexibility index (Phi) is 2.72. The van der Waals surface area contributed by atoms with Crippen LogP contribution in [0.5, 0.6) is 5.75 Å². The maximum atomic E-state index is 11.3. The van der Waals surface area contributed by atoms with Gasteiger partial charge in [0.1, 0.15) is 5.75 Å². The van der Waals surface area contributed by atoms with E-state index in [-0.39, 0.29) is 5.91 Å². The Labute approximate surface area is 88.8 Å². The van der Waals surface area contributed by atoms with Crippen molar-refractivity contribution in [3.8, 4) is 5.75 Å². The lowest BCUT2D eigenvalue weighted by Gasteiger charge is -2.04. The Balaban J connectivity index is 2.13. The van der Waals surface area contributed by atoms with Gasteiger partial charge in [0.25, 0.3) is 0 Å². The zero-order chi connectivity index (χ0) is 10.7. The van der Waals surface area contributed by atoms with E-state index in [9.17, 15) is 4.79 Å². The summed E-state index contributed by atoms with van der Waals surface area (Å²) in [5, 5.41) is 2.79. The van der Waals surface area contributed by atoms with Crippen molar-refractivity contribution in [2.45, 2.75) is 13.3 Å². The molecule has 0 atom stereocenters. The predicted molar refractivity (Wildman–Crippen MR) is 59.1 cm³/mol. The lowest BCUT2D eigenvalue weighted by atomic mass is 10.1. The molecule has 3 nitrogen and oxygen atoms in total. The number of allylic oxidation sites excluding steroid dienone is 1. The summed E-state index contributed by atoms with van der Waals surface area (Å²) in [5.41, 5.74) is 1.98. The van der Waals surface area contributed by atoms with E-state index in [1.165, 1.54) is 6.08 Å². The summed E-state index contributed by atoms with van der Waals surface area (Å²) in [6.45, 7) is 2.55. The molecule has 0 radical (unpaired) electrons. The van der Waals surface area contributed by atoms with Crippen molar-refractivity contribution in [3.63, 3.8) is 0 Å². The fourth-order valence-electron chi connectivity index (χ4n) is 1.60. The van der Waals surface area contributed by atoms with Gasteiger partial charge in [-0.2, -0.15) is 0 Å². The number of nitrogens with one attached hydrogen (secondary N) is 1. The van der Waals surface area contributed by atoms with Crippen LogP contribution in [0.4, 0.5) is 5.69 Å². The zero-order valence-electron chi connectivity index (χ0n) is 8.62. The summed E-state index contributed by atoms with van der Waals surface area (Å²) in [4.78, 5) is 11.3. The molecule has 1 aromatic rings. The lowest BCUT2D eigenvalue weighted by Crippen LogP contribution is -2.07. The maximum absolute atomic E-state index is 11.3. The SMILES string of the molecule is CC=CC(=O)Nc1ccc2c(c1)CCO2. The average Bonchev–Trinajstić information content (AvgIpc) is 2.65. The monoisotopic (exact) mass is 203 g/mol. The molecular weight excluding hydrogens is 190 g/mol. The molecule has 0 fully saturated rings. The first-order valence-electron chi connectivity index (χ1n) is 4.99. The molecule has 0 aromatic heterocycles. The van der Waals surface area contributed by atoms with Gasteiger partial charge in [-0.25, -0.2) is 0 Å². The molecule has 0 saturated carbocycles. The van der Waals surface area contributed by atoms with Crippen LogP contribution in [-0.2, 0) is 11.2 Å². The summed E-state index contributed by atoms with van der Waals surface area (Å²) >= 11 is 0. The smallest absolute Gasteiger partial charge is 0.248 e. The first kappa shape index (κ1) is 9.77. The van der Waals surface area contributed by atoms with Gasteiger partial charge in [0, 0.05) is 12.1 Å². The van der Waals surface area contributed by atoms with Crippen molar-refractivity contribution in [2.24, 2.45) is 0 Å². The number of hydrogen-bond acceptors (Lipinski definition) is 2. The summed E-state index contributed by atoms with van der Waals surface area (Å²) in [5.74, 6) is 0.829. The standard InChI is InChI=1S/C12H13NO2/c1-2-3-12(14)13-10-4-5-11-9(8-10)6-7-15-11/h2-5,8H,6-7H2,1H3,(H,13,14). The van der Waals surface area contributed by atoms with Crippen molar-refractivity contribution >= 4 is 11.6 Å². The molecule has 3 heteroatoms. The Bertz CT molecular complexity index is 410. The second-order valence-corrected chi connectivity index (χ2v) is 3.41. The van der Waals surface area contributed by atoms with Crippen molar-refractivity contribution in [1.29, 1.82) is 0 Å². The third-order valence-electron chi connectivity index (χ3n) is 2.28. The number of benzene rings is 1. The highest BCUT2D eigenvalue weighted by Crippen LogP contribution is 2.27. The number of amides is 1. The van der Waals surface area contributed by atoms with Gasteiger partial charge < -0.3 is 10.1 Å². The Morgan fingerprint density at radius 1 is 1.53 bits per heavy atom. The van der Waals surface area contributed by atoms with Crippen LogP contribution in [0.15, 0.2) is 30.4 Å². The summed E-state index contributed by atoms with van der Waals surface area (Å²) in [7, 11) is 0. The van der Waals surface area contributed by atoms with E-state index in [1.807, 2.05) is 25.1 Å². The quantitative estimate of drug-likeness (QED) is 0.748. The summed E-state index contributed by atoms with van der Waals surface area (Å²) in [6, 6.07) is 5.71. The van der Waals surface area contributed by atoms with Gasteiger partial charge in [0.05, 0.1) is 6.61 Å². The normalized spacial score (nSPS) is 13.7. The molecular formula is C12H13NO2. The molecule has 15 heavy (non-hydrogen) atoms. The second-order valence-electron chi connectivity index (χ2n) is 3.41. The molecule has 0 unspecified atom stereocenters. The lowest BCUT2D eigenvalue weighted by molar-refractivity contribution is -0.111. The Morgan fingerprint density at radius 2 is 2.40 bits per heavy atom. The molecule has 0 spiro atoms. The molecule has 1 amide bonds. The fourth-order valence-corrected chi connectivity index (χ4v) is 1.60. The van der Waals surface area contributed by atoms with Gasteiger partial charge in [0.2, 0.25) is 5.91 Å². The van der Waals surface area contributed by atoms with E-state index in [1.54, 1.807) is 6.08 Å². The molecule has 0 aliphatic carbocycles. The van der Waals surface area contributed by atoms with E-state index in [0.717, 1.165) is 30.0 Å². The van der Waals surface area contributed by atoms with Crippen LogP contribution < -0.4 is 10.1 Å². The highest BCUT2D eigenvalue weighted by molar-refractivity contribution is 5.99. The van der Waals surface area contributed by atoms with Crippen LogP contribution in [0.1, 0.15) is 12.5 Å². The second kappa shape index (κ2) is 4.17. The van der Waals surface area contributed by atoms with Gasteiger partial charge in [-0.1, -0.05) is 6.08 Å². The number of rotatable bonds is 2. The zero-order valence-corrected chi connectivity index (χ0v) is 8.62. The molecule has 2 rings (SSSR count). The van der Waals surface area contributed by atoms with Crippen LogP contribution in [0.25, 0.3) is 0 Å². The number of carbonyl (C=O) groups excluding carboxylic acids is 1. The van der Waals surface area contributed by atoms with Gasteiger partial charge >= 0.3 is 0 Å². The van der Waals surface area contributed by atoms with Crippen molar-refractivity contribution in [2.75, 3.05) is 11.9 Å². The van der Waals surface area contributed by atoms with Crippen LogP contribution >= 0.6 is 0 Å². The molecule has 0 bridgehead atoms. The van der Waals surface area contributed by atoms with Gasteiger partial charge in [-0.15, -0.1) is 0 Å². The third-order valence-corrected chi connectivity index (χ3v) is 2.28. The van der Waals surface area contributed by atoms with E-state index in [4.69, 9.17) is 4.74 Å². The number of anilines is 1. The molecule has 1 aliphatic heterocycles.